The van der Waals surface area contributed by atoms with Crippen molar-refractivity contribution in [2.75, 3.05) is 0 Å². The van der Waals surface area contributed by atoms with Gasteiger partial charge in [0.25, 0.3) is 0 Å². The Bertz CT molecular complexity index is 438. The summed E-state index contributed by atoms with van der Waals surface area (Å²) < 4.78 is 5.39. The van der Waals surface area contributed by atoms with Gasteiger partial charge >= 0.3 is 0 Å². The Morgan fingerprint density at radius 2 is 1.94 bits per heavy atom. The van der Waals surface area contributed by atoms with Crippen LogP contribution in [0.4, 0.5) is 0 Å². The van der Waals surface area contributed by atoms with Crippen LogP contribution in [-0.4, -0.2) is 27.9 Å². The predicted molar refractivity (Wildman–Crippen MR) is 56.6 cm³/mol. The highest BCUT2D eigenvalue weighted by molar-refractivity contribution is 6.25. The van der Waals surface area contributed by atoms with Crippen molar-refractivity contribution in [3.05, 3.63) is 23.5 Å². The molecule has 1 aliphatic carbocycles. The van der Waals surface area contributed by atoms with Crippen molar-refractivity contribution in [2.45, 2.75) is 38.4 Å². The van der Waals surface area contributed by atoms with Crippen LogP contribution in [0, 0.1) is 0 Å². The average Bonchev–Trinajstić information content (AvgIpc) is 2.13. The number of ketones is 2. The molecule has 1 atom stereocenters. The quantitative estimate of drug-likeness (QED) is 0.618. The topological polar surface area (TPSA) is 63.6 Å². The maximum atomic E-state index is 11.8. The normalized spacial score (nSPS) is 32.5. The lowest BCUT2D eigenvalue weighted by Crippen LogP contribution is -2.48. The molecular formula is C12H14O4. The smallest absolute Gasteiger partial charge is 0.205 e. The molecule has 2 rings (SSSR count). The van der Waals surface area contributed by atoms with Crippen molar-refractivity contribution >= 4 is 11.6 Å². The summed E-state index contributed by atoms with van der Waals surface area (Å²) in [7, 11) is 0. The molecule has 0 aromatic rings. The third-order valence-electron chi connectivity index (χ3n) is 2.93. The molecule has 1 N–H and O–H groups in total. The van der Waals surface area contributed by atoms with Gasteiger partial charge in [-0.05, 0) is 32.4 Å². The molecule has 1 heterocycles. The van der Waals surface area contributed by atoms with Crippen LogP contribution in [0.15, 0.2) is 23.5 Å². The Labute approximate surface area is 93.6 Å². The van der Waals surface area contributed by atoms with E-state index in [-0.39, 0.29) is 0 Å². The highest BCUT2D eigenvalue weighted by Crippen LogP contribution is 2.36. The first-order chi connectivity index (χ1) is 7.24. The number of rotatable bonds is 0. The summed E-state index contributed by atoms with van der Waals surface area (Å²) in [4.78, 5) is 23.4. The average molecular weight is 222 g/mol. The van der Waals surface area contributed by atoms with E-state index in [1.165, 1.54) is 19.3 Å². The molecule has 1 aliphatic heterocycles. The SMILES string of the molecule is CC1(C)CC2=CC(=O)[C@@](C)(O)C(=O)C2=CO1. The minimum absolute atomic E-state index is 0.309. The van der Waals surface area contributed by atoms with E-state index in [2.05, 4.69) is 0 Å². The van der Waals surface area contributed by atoms with E-state index in [0.717, 1.165) is 0 Å². The number of Topliss-reactive ketones (excluding diaryl/α,β-unsaturated/α-hetero) is 1. The van der Waals surface area contributed by atoms with Gasteiger partial charge in [-0.1, -0.05) is 0 Å². The van der Waals surface area contributed by atoms with Crippen LogP contribution in [0.5, 0.6) is 0 Å². The van der Waals surface area contributed by atoms with Crippen LogP contribution in [0.25, 0.3) is 0 Å². The van der Waals surface area contributed by atoms with E-state index in [0.29, 0.717) is 17.6 Å². The van der Waals surface area contributed by atoms with E-state index in [1.807, 2.05) is 13.8 Å². The molecule has 0 saturated heterocycles. The summed E-state index contributed by atoms with van der Waals surface area (Å²) in [6.07, 6.45) is 3.18. The minimum Gasteiger partial charge on any atom is -0.494 e. The van der Waals surface area contributed by atoms with Crippen LogP contribution in [0.1, 0.15) is 27.2 Å². The van der Waals surface area contributed by atoms with Crippen LogP contribution in [0.3, 0.4) is 0 Å². The second kappa shape index (κ2) is 3.04. The molecule has 16 heavy (non-hydrogen) atoms. The van der Waals surface area contributed by atoms with E-state index in [1.54, 1.807) is 0 Å². The molecule has 0 bridgehead atoms. The van der Waals surface area contributed by atoms with Crippen molar-refractivity contribution in [2.24, 2.45) is 0 Å². The van der Waals surface area contributed by atoms with Crippen molar-refractivity contribution in [1.82, 2.24) is 0 Å². The zero-order valence-corrected chi connectivity index (χ0v) is 9.53. The lowest BCUT2D eigenvalue weighted by Gasteiger charge is -2.35. The number of hydrogen-bond donors (Lipinski definition) is 1. The van der Waals surface area contributed by atoms with E-state index < -0.39 is 22.8 Å². The number of aliphatic hydroxyl groups is 1. The van der Waals surface area contributed by atoms with Gasteiger partial charge in [0.1, 0.15) is 5.60 Å². The van der Waals surface area contributed by atoms with Gasteiger partial charge in [0.05, 0.1) is 11.8 Å². The predicted octanol–water partition coefficient (Wildman–Crippen LogP) is 0.898. The van der Waals surface area contributed by atoms with Crippen molar-refractivity contribution in [3.8, 4) is 0 Å². The molecule has 0 aromatic heterocycles. The third-order valence-corrected chi connectivity index (χ3v) is 2.93. The van der Waals surface area contributed by atoms with Crippen LogP contribution >= 0.6 is 0 Å². The molecule has 4 heteroatoms. The van der Waals surface area contributed by atoms with Crippen molar-refractivity contribution < 1.29 is 19.4 Å². The van der Waals surface area contributed by atoms with E-state index in [4.69, 9.17) is 4.74 Å². The maximum Gasteiger partial charge on any atom is 0.205 e. The molecule has 2 aliphatic rings. The minimum atomic E-state index is -1.94. The van der Waals surface area contributed by atoms with Gasteiger partial charge in [0.2, 0.25) is 5.78 Å². The molecular weight excluding hydrogens is 208 g/mol. The molecule has 4 nitrogen and oxygen atoms in total. The Hall–Kier alpha value is -1.42. The van der Waals surface area contributed by atoms with Crippen molar-refractivity contribution in [3.63, 3.8) is 0 Å². The zero-order chi connectivity index (χ0) is 12.1. The van der Waals surface area contributed by atoms with Crippen LogP contribution in [-0.2, 0) is 14.3 Å². The lowest BCUT2D eigenvalue weighted by molar-refractivity contribution is -0.144. The summed E-state index contributed by atoms with van der Waals surface area (Å²) in [5.74, 6) is -1.13. The number of carbonyl (C=O) groups excluding carboxylic acids is 2. The third kappa shape index (κ3) is 1.50. The number of carbonyl (C=O) groups is 2. The fourth-order valence-corrected chi connectivity index (χ4v) is 1.89. The molecule has 0 unspecified atom stereocenters. The van der Waals surface area contributed by atoms with Crippen LogP contribution in [0.2, 0.25) is 0 Å². The fraction of sp³-hybridized carbons (Fsp3) is 0.500. The van der Waals surface area contributed by atoms with Gasteiger partial charge in [0, 0.05) is 6.42 Å². The molecule has 86 valence electrons. The first-order valence-electron chi connectivity index (χ1n) is 5.14. The Balaban J connectivity index is 2.50. The summed E-state index contributed by atoms with van der Waals surface area (Å²) in [6.45, 7) is 4.97. The largest absolute Gasteiger partial charge is 0.494 e. The Morgan fingerprint density at radius 1 is 1.31 bits per heavy atom. The summed E-state index contributed by atoms with van der Waals surface area (Å²) >= 11 is 0. The second-order valence-electron chi connectivity index (χ2n) is 5.02. The zero-order valence-electron chi connectivity index (χ0n) is 9.53. The Kier molecular flexibility index (Phi) is 2.11. The first kappa shape index (κ1) is 11.1. The molecule has 0 aromatic carbocycles. The summed E-state index contributed by atoms with van der Waals surface area (Å²) in [5.41, 5.74) is -1.40. The van der Waals surface area contributed by atoms with Gasteiger partial charge in [0.15, 0.2) is 11.4 Å². The maximum absolute atomic E-state index is 11.8. The van der Waals surface area contributed by atoms with Crippen molar-refractivity contribution in [1.29, 1.82) is 0 Å². The molecule has 0 amide bonds. The fourth-order valence-electron chi connectivity index (χ4n) is 1.89. The van der Waals surface area contributed by atoms with Crippen LogP contribution < -0.4 is 0 Å². The number of fused-ring (bicyclic) bond motifs is 1. The summed E-state index contributed by atoms with van der Waals surface area (Å²) in [5, 5.41) is 9.74. The monoisotopic (exact) mass is 222 g/mol. The van der Waals surface area contributed by atoms with Gasteiger partial charge in [-0.3, -0.25) is 9.59 Å². The molecule has 0 fully saturated rings. The van der Waals surface area contributed by atoms with Gasteiger partial charge in [-0.25, -0.2) is 0 Å². The highest BCUT2D eigenvalue weighted by Gasteiger charge is 2.46. The molecule has 0 saturated carbocycles. The second-order valence-corrected chi connectivity index (χ2v) is 5.02. The van der Waals surface area contributed by atoms with Gasteiger partial charge in [-0.2, -0.15) is 0 Å². The first-order valence-corrected chi connectivity index (χ1v) is 5.14. The summed E-state index contributed by atoms with van der Waals surface area (Å²) in [6, 6.07) is 0. The number of hydrogen-bond acceptors (Lipinski definition) is 4. The van der Waals surface area contributed by atoms with E-state index in [9.17, 15) is 14.7 Å². The lowest BCUT2D eigenvalue weighted by atomic mass is 9.77. The number of ether oxygens (including phenoxy) is 1. The van der Waals surface area contributed by atoms with Gasteiger partial charge in [-0.15, -0.1) is 0 Å². The molecule has 0 spiro atoms. The van der Waals surface area contributed by atoms with Gasteiger partial charge < -0.3 is 9.84 Å². The Morgan fingerprint density at radius 3 is 2.56 bits per heavy atom. The highest BCUT2D eigenvalue weighted by atomic mass is 16.5. The van der Waals surface area contributed by atoms with E-state index >= 15 is 0 Å². The molecule has 0 radical (unpaired) electrons. The standard InChI is InChI=1S/C12H14O4/c1-11(2)5-7-4-9(13)12(3,15)10(14)8(7)6-16-11/h4,6,15H,5H2,1-3H3/t12-/m1/s1.